The lowest BCUT2D eigenvalue weighted by atomic mass is 10.2. The average Bonchev–Trinajstić information content (AvgIpc) is 3.29. The standard InChI is InChI=1S/C18H28N4O2.HI/c1-2-19-18(22-12-16-4-3-9-23-16)21-11-15-7-8-20-17(10-15)24-13-14-5-6-14;/h7-8,10,14,16H,2-6,9,11-13H2,1H3,(H2,19,21,22);1H. The number of guanidine groups is 1. The number of aliphatic imine (C=N–C) groups is 1. The van der Waals surface area contributed by atoms with Gasteiger partial charge in [0.2, 0.25) is 5.88 Å². The van der Waals surface area contributed by atoms with E-state index in [9.17, 15) is 0 Å². The molecular formula is C18H29IN4O2. The molecule has 0 aromatic carbocycles. The number of aromatic nitrogens is 1. The van der Waals surface area contributed by atoms with Gasteiger partial charge in [-0.1, -0.05) is 0 Å². The third-order valence-corrected chi connectivity index (χ3v) is 4.25. The molecule has 1 atom stereocenters. The van der Waals surface area contributed by atoms with E-state index < -0.39 is 0 Å². The normalized spacial score (nSPS) is 20.0. The minimum Gasteiger partial charge on any atom is -0.477 e. The van der Waals surface area contributed by atoms with E-state index in [-0.39, 0.29) is 24.0 Å². The number of ether oxygens (including phenoxy) is 2. The van der Waals surface area contributed by atoms with Crippen molar-refractivity contribution in [1.82, 2.24) is 15.6 Å². The zero-order valence-corrected chi connectivity index (χ0v) is 17.2. The summed E-state index contributed by atoms with van der Waals surface area (Å²) in [7, 11) is 0. The van der Waals surface area contributed by atoms with E-state index in [1.807, 2.05) is 12.1 Å². The van der Waals surface area contributed by atoms with Crippen molar-refractivity contribution in [3.8, 4) is 5.88 Å². The van der Waals surface area contributed by atoms with Crippen molar-refractivity contribution in [3.63, 3.8) is 0 Å². The lowest BCUT2D eigenvalue weighted by molar-refractivity contribution is 0.114. The van der Waals surface area contributed by atoms with E-state index in [2.05, 4.69) is 27.5 Å². The van der Waals surface area contributed by atoms with Gasteiger partial charge in [-0.05, 0) is 50.2 Å². The number of nitrogens with zero attached hydrogens (tertiary/aromatic N) is 2. The molecule has 140 valence electrons. The first kappa shape index (κ1) is 20.2. The van der Waals surface area contributed by atoms with E-state index >= 15 is 0 Å². The van der Waals surface area contributed by atoms with Gasteiger partial charge < -0.3 is 20.1 Å². The third kappa shape index (κ3) is 7.35. The van der Waals surface area contributed by atoms with E-state index in [4.69, 9.17) is 9.47 Å². The molecule has 0 radical (unpaired) electrons. The highest BCUT2D eigenvalue weighted by Crippen LogP contribution is 2.29. The Morgan fingerprint density at radius 3 is 2.96 bits per heavy atom. The highest BCUT2D eigenvalue weighted by Gasteiger charge is 2.22. The Bertz CT molecular complexity index is 546. The predicted molar refractivity (Wildman–Crippen MR) is 110 cm³/mol. The summed E-state index contributed by atoms with van der Waals surface area (Å²) in [4.78, 5) is 8.92. The molecule has 0 amide bonds. The largest absolute Gasteiger partial charge is 0.477 e. The van der Waals surface area contributed by atoms with Crippen LogP contribution in [0.25, 0.3) is 0 Å². The summed E-state index contributed by atoms with van der Waals surface area (Å²) >= 11 is 0. The fourth-order valence-corrected chi connectivity index (χ4v) is 2.64. The van der Waals surface area contributed by atoms with Crippen LogP contribution in [0.2, 0.25) is 0 Å². The summed E-state index contributed by atoms with van der Waals surface area (Å²) in [5, 5.41) is 6.64. The summed E-state index contributed by atoms with van der Waals surface area (Å²) in [6, 6.07) is 3.96. The van der Waals surface area contributed by atoms with Crippen LogP contribution in [0.15, 0.2) is 23.3 Å². The summed E-state index contributed by atoms with van der Waals surface area (Å²) in [5.74, 6) is 2.26. The molecule has 0 bridgehead atoms. The smallest absolute Gasteiger partial charge is 0.213 e. The molecule has 1 saturated carbocycles. The number of hydrogen-bond donors (Lipinski definition) is 2. The first-order valence-electron chi connectivity index (χ1n) is 9.05. The second-order valence-electron chi connectivity index (χ2n) is 6.47. The number of nitrogens with one attached hydrogen (secondary N) is 2. The maximum absolute atomic E-state index is 5.73. The van der Waals surface area contributed by atoms with Crippen LogP contribution in [0.3, 0.4) is 0 Å². The van der Waals surface area contributed by atoms with Crippen LogP contribution < -0.4 is 15.4 Å². The van der Waals surface area contributed by atoms with Crippen LogP contribution in [-0.4, -0.2) is 43.4 Å². The molecule has 2 aliphatic rings. The highest BCUT2D eigenvalue weighted by molar-refractivity contribution is 14.0. The Morgan fingerprint density at radius 2 is 2.24 bits per heavy atom. The maximum Gasteiger partial charge on any atom is 0.213 e. The molecule has 1 aromatic rings. The van der Waals surface area contributed by atoms with Gasteiger partial charge in [-0.15, -0.1) is 24.0 Å². The van der Waals surface area contributed by atoms with Crippen LogP contribution >= 0.6 is 24.0 Å². The third-order valence-electron chi connectivity index (χ3n) is 4.25. The molecular weight excluding hydrogens is 431 g/mol. The maximum atomic E-state index is 5.73. The number of hydrogen-bond acceptors (Lipinski definition) is 4. The second kappa shape index (κ2) is 10.8. The summed E-state index contributed by atoms with van der Waals surface area (Å²) in [6.07, 6.45) is 6.94. The van der Waals surface area contributed by atoms with Gasteiger partial charge in [0.1, 0.15) is 0 Å². The van der Waals surface area contributed by atoms with Gasteiger partial charge in [-0.25, -0.2) is 9.98 Å². The Kier molecular flexibility index (Phi) is 8.74. The van der Waals surface area contributed by atoms with Crippen molar-refractivity contribution in [2.75, 3.05) is 26.3 Å². The van der Waals surface area contributed by atoms with Crippen molar-refractivity contribution < 1.29 is 9.47 Å². The summed E-state index contributed by atoms with van der Waals surface area (Å²) in [6.45, 7) is 5.97. The minimum atomic E-state index is 0. The predicted octanol–water partition coefficient (Wildman–Crippen LogP) is 2.72. The van der Waals surface area contributed by atoms with Gasteiger partial charge in [-0.3, -0.25) is 0 Å². The topological polar surface area (TPSA) is 67.8 Å². The zero-order valence-electron chi connectivity index (χ0n) is 14.9. The fraction of sp³-hybridized carbons (Fsp3) is 0.667. The molecule has 2 fully saturated rings. The van der Waals surface area contributed by atoms with Crippen molar-refractivity contribution >= 4 is 29.9 Å². The van der Waals surface area contributed by atoms with Gasteiger partial charge in [0, 0.05) is 32.0 Å². The Morgan fingerprint density at radius 1 is 1.36 bits per heavy atom. The lowest BCUT2D eigenvalue weighted by Crippen LogP contribution is -2.41. The monoisotopic (exact) mass is 460 g/mol. The van der Waals surface area contributed by atoms with E-state index in [1.54, 1.807) is 6.20 Å². The van der Waals surface area contributed by atoms with Crippen LogP contribution in [0, 0.1) is 5.92 Å². The summed E-state index contributed by atoms with van der Waals surface area (Å²) < 4.78 is 11.4. The van der Waals surface area contributed by atoms with Gasteiger partial charge in [0.25, 0.3) is 0 Å². The van der Waals surface area contributed by atoms with Gasteiger partial charge in [-0.2, -0.15) is 0 Å². The molecule has 2 heterocycles. The van der Waals surface area contributed by atoms with Crippen LogP contribution in [0.4, 0.5) is 0 Å². The molecule has 1 unspecified atom stereocenters. The van der Waals surface area contributed by atoms with Crippen LogP contribution in [-0.2, 0) is 11.3 Å². The van der Waals surface area contributed by atoms with E-state index in [0.29, 0.717) is 18.5 Å². The quantitative estimate of drug-likeness (QED) is 0.355. The Labute approximate surface area is 167 Å². The molecule has 1 aliphatic heterocycles. The van der Waals surface area contributed by atoms with E-state index in [1.165, 1.54) is 12.8 Å². The van der Waals surface area contributed by atoms with Gasteiger partial charge in [0.15, 0.2) is 5.96 Å². The van der Waals surface area contributed by atoms with Crippen molar-refractivity contribution in [3.05, 3.63) is 23.9 Å². The van der Waals surface area contributed by atoms with Crippen molar-refractivity contribution in [1.29, 1.82) is 0 Å². The molecule has 7 heteroatoms. The fourth-order valence-electron chi connectivity index (χ4n) is 2.64. The van der Waals surface area contributed by atoms with Crippen molar-refractivity contribution in [2.45, 2.75) is 45.3 Å². The molecule has 1 aliphatic carbocycles. The van der Waals surface area contributed by atoms with Gasteiger partial charge in [0.05, 0.1) is 19.3 Å². The van der Waals surface area contributed by atoms with E-state index in [0.717, 1.165) is 56.6 Å². The second-order valence-corrected chi connectivity index (χ2v) is 6.47. The first-order chi connectivity index (χ1) is 11.8. The highest BCUT2D eigenvalue weighted by atomic mass is 127. The van der Waals surface area contributed by atoms with Crippen molar-refractivity contribution in [2.24, 2.45) is 10.9 Å². The zero-order chi connectivity index (χ0) is 16.6. The molecule has 1 aromatic heterocycles. The Balaban J connectivity index is 0.00000225. The Hall–Kier alpha value is -1.09. The molecule has 0 spiro atoms. The molecule has 6 nitrogen and oxygen atoms in total. The number of halogens is 1. The molecule has 1 saturated heterocycles. The summed E-state index contributed by atoms with van der Waals surface area (Å²) in [5.41, 5.74) is 1.10. The van der Waals surface area contributed by atoms with Crippen LogP contribution in [0.1, 0.15) is 38.2 Å². The van der Waals surface area contributed by atoms with Gasteiger partial charge >= 0.3 is 0 Å². The first-order valence-corrected chi connectivity index (χ1v) is 9.05. The number of pyridine rings is 1. The molecule has 2 N–H and O–H groups in total. The SMILES string of the molecule is CCNC(=NCc1ccnc(OCC2CC2)c1)NCC1CCCO1.I. The molecule has 25 heavy (non-hydrogen) atoms. The molecule has 3 rings (SSSR count). The minimum absolute atomic E-state index is 0. The lowest BCUT2D eigenvalue weighted by Gasteiger charge is -2.14. The van der Waals surface area contributed by atoms with Crippen LogP contribution in [0.5, 0.6) is 5.88 Å². The average molecular weight is 460 g/mol. The number of rotatable bonds is 8.